The van der Waals surface area contributed by atoms with Gasteiger partial charge in [0.1, 0.15) is 5.69 Å². The zero-order chi connectivity index (χ0) is 22.2. The first-order valence-corrected chi connectivity index (χ1v) is 9.07. The molecule has 0 spiro atoms. The Morgan fingerprint density at radius 1 is 0.967 bits per heavy atom. The van der Waals surface area contributed by atoms with Gasteiger partial charge in [0.15, 0.2) is 29.1 Å². The molecule has 1 saturated heterocycles. The quantitative estimate of drug-likeness (QED) is 0.346. The number of Topliss-reactive ketones (excluding diaryl/α,β-unsaturated/α-hetero) is 1. The number of rotatable bonds is 4. The van der Waals surface area contributed by atoms with Gasteiger partial charge in [0.05, 0.1) is 5.69 Å². The van der Waals surface area contributed by atoms with Crippen molar-refractivity contribution in [1.82, 2.24) is 4.90 Å². The number of likely N-dealkylation sites (tertiary alicyclic amines) is 1. The Balaban J connectivity index is 2.05. The van der Waals surface area contributed by atoms with Crippen LogP contribution in [-0.2, 0) is 0 Å². The van der Waals surface area contributed by atoms with Crippen LogP contribution in [0.5, 0.6) is 0 Å². The predicted octanol–water partition coefficient (Wildman–Crippen LogP) is 4.12. The fourth-order valence-electron chi connectivity index (χ4n) is 3.46. The summed E-state index contributed by atoms with van der Waals surface area (Å²) in [7, 11) is 1.93. The van der Waals surface area contributed by atoms with Crippen LogP contribution in [0.4, 0.5) is 38.1 Å². The van der Waals surface area contributed by atoms with Crippen LogP contribution in [-0.4, -0.2) is 36.9 Å². The van der Waals surface area contributed by atoms with Crippen molar-refractivity contribution in [2.45, 2.75) is 12.8 Å². The van der Waals surface area contributed by atoms with Crippen LogP contribution in [0.2, 0.25) is 0 Å². The van der Waals surface area contributed by atoms with E-state index in [4.69, 9.17) is 5.73 Å². The Morgan fingerprint density at radius 3 is 2.03 bits per heavy atom. The van der Waals surface area contributed by atoms with Crippen molar-refractivity contribution in [3.63, 3.8) is 0 Å². The number of ketones is 1. The van der Waals surface area contributed by atoms with E-state index < -0.39 is 40.8 Å². The Morgan fingerprint density at radius 2 is 1.50 bits per heavy atom. The summed E-state index contributed by atoms with van der Waals surface area (Å²) in [4.78, 5) is 26.9. The Hall–Kier alpha value is -3.01. The molecule has 2 aromatic carbocycles. The first-order chi connectivity index (χ1) is 14.1. The van der Waals surface area contributed by atoms with Crippen LogP contribution in [0, 0.1) is 35.0 Å². The summed E-state index contributed by atoms with van der Waals surface area (Å²) in [6.45, 7) is 1.43. The van der Waals surface area contributed by atoms with Crippen LogP contribution in [0.15, 0.2) is 24.3 Å². The van der Waals surface area contributed by atoms with Gasteiger partial charge in [0.25, 0.3) is 0 Å². The standard InChI is InChI=1S/C20H18F5N3O2/c1-27-7-5-10(6-8-27)19(29)11-3-2-4-12(9-11)28(20(26)30)18-16(24)14(22)13(21)15(23)17(18)25/h2-4,9-10H,5-8H2,1H3,(H2,26,30). The molecular weight excluding hydrogens is 409 g/mol. The Kier molecular flexibility index (Phi) is 6.06. The van der Waals surface area contributed by atoms with Crippen molar-refractivity contribution in [1.29, 1.82) is 0 Å². The largest absolute Gasteiger partial charge is 0.351 e. The van der Waals surface area contributed by atoms with Gasteiger partial charge in [-0.3, -0.25) is 9.69 Å². The number of hydrogen-bond acceptors (Lipinski definition) is 3. The second-order valence-corrected chi connectivity index (χ2v) is 7.08. The van der Waals surface area contributed by atoms with E-state index in [0.29, 0.717) is 25.9 Å². The Bertz CT molecular complexity index is 977. The van der Waals surface area contributed by atoms with Crippen LogP contribution in [0.3, 0.4) is 0 Å². The van der Waals surface area contributed by atoms with Crippen molar-refractivity contribution < 1.29 is 31.5 Å². The van der Waals surface area contributed by atoms with Gasteiger partial charge in [-0.1, -0.05) is 12.1 Å². The maximum Gasteiger partial charge on any atom is 0.324 e. The molecule has 1 fully saturated rings. The molecule has 2 aromatic rings. The number of urea groups is 1. The monoisotopic (exact) mass is 427 g/mol. The highest BCUT2D eigenvalue weighted by Crippen LogP contribution is 2.35. The topological polar surface area (TPSA) is 66.6 Å². The highest BCUT2D eigenvalue weighted by Gasteiger charge is 2.32. The lowest BCUT2D eigenvalue weighted by molar-refractivity contribution is 0.0857. The van der Waals surface area contributed by atoms with Gasteiger partial charge in [-0.25, -0.2) is 26.7 Å². The van der Waals surface area contributed by atoms with E-state index in [1.807, 2.05) is 7.05 Å². The number of carbonyl (C=O) groups excluding carboxylic acids is 2. The van der Waals surface area contributed by atoms with Crippen LogP contribution in [0.1, 0.15) is 23.2 Å². The van der Waals surface area contributed by atoms with Crippen molar-refractivity contribution in [2.24, 2.45) is 11.7 Å². The van der Waals surface area contributed by atoms with Crippen molar-refractivity contribution >= 4 is 23.2 Å². The van der Waals surface area contributed by atoms with Crippen molar-refractivity contribution in [2.75, 3.05) is 25.0 Å². The summed E-state index contributed by atoms with van der Waals surface area (Å²) in [6.07, 6.45) is 1.22. The van der Waals surface area contributed by atoms with Gasteiger partial charge in [-0.05, 0) is 45.1 Å². The second-order valence-electron chi connectivity index (χ2n) is 7.08. The molecular formula is C20H18F5N3O2. The summed E-state index contributed by atoms with van der Waals surface area (Å²) >= 11 is 0. The normalized spacial score (nSPS) is 15.3. The lowest BCUT2D eigenvalue weighted by Crippen LogP contribution is -2.34. The molecule has 3 rings (SSSR count). The molecule has 0 unspecified atom stereocenters. The summed E-state index contributed by atoms with van der Waals surface area (Å²) in [5.41, 5.74) is 3.51. The van der Waals surface area contributed by atoms with Gasteiger partial charge in [0.2, 0.25) is 5.82 Å². The van der Waals surface area contributed by atoms with E-state index in [9.17, 15) is 31.5 Å². The number of nitrogens with zero attached hydrogens (tertiary/aromatic N) is 2. The second kappa shape index (κ2) is 8.39. The average Bonchev–Trinajstić information content (AvgIpc) is 2.73. The molecule has 0 aliphatic carbocycles. The van der Waals surface area contributed by atoms with Crippen LogP contribution < -0.4 is 10.6 Å². The fourth-order valence-corrected chi connectivity index (χ4v) is 3.46. The van der Waals surface area contributed by atoms with Gasteiger partial charge >= 0.3 is 6.03 Å². The van der Waals surface area contributed by atoms with E-state index in [1.54, 1.807) is 0 Å². The number of nitrogens with two attached hydrogens (primary N) is 1. The fraction of sp³-hybridized carbons (Fsp3) is 0.300. The third kappa shape index (κ3) is 3.87. The summed E-state index contributed by atoms with van der Waals surface area (Å²) in [6, 6.07) is 3.61. The molecule has 2 amide bonds. The number of halogens is 5. The van der Waals surface area contributed by atoms with Gasteiger partial charge in [0, 0.05) is 11.5 Å². The maximum atomic E-state index is 14.2. The number of anilines is 2. The lowest BCUT2D eigenvalue weighted by Gasteiger charge is -2.28. The van der Waals surface area contributed by atoms with Crippen molar-refractivity contribution in [3.05, 3.63) is 58.9 Å². The Labute approximate surface area is 168 Å². The molecule has 1 heterocycles. The third-order valence-corrected chi connectivity index (χ3v) is 5.11. The smallest absolute Gasteiger partial charge is 0.324 e. The number of carbonyl (C=O) groups is 2. The highest BCUT2D eigenvalue weighted by molar-refractivity contribution is 6.02. The van der Waals surface area contributed by atoms with E-state index >= 15 is 0 Å². The molecule has 0 atom stereocenters. The minimum Gasteiger partial charge on any atom is -0.351 e. The lowest BCUT2D eigenvalue weighted by atomic mass is 9.89. The molecule has 1 aliphatic heterocycles. The number of primary amides is 1. The number of amides is 2. The molecule has 30 heavy (non-hydrogen) atoms. The zero-order valence-electron chi connectivity index (χ0n) is 15.9. The molecule has 5 nitrogen and oxygen atoms in total. The molecule has 10 heteroatoms. The minimum absolute atomic E-state index is 0.136. The SMILES string of the molecule is CN1CCC(C(=O)c2cccc(N(C(N)=O)c3c(F)c(F)c(F)c(F)c3F)c2)CC1. The molecule has 0 aromatic heterocycles. The van der Waals surface area contributed by atoms with E-state index in [0.717, 1.165) is 6.07 Å². The van der Waals surface area contributed by atoms with Gasteiger partial charge in [-0.2, -0.15) is 0 Å². The van der Waals surface area contributed by atoms with E-state index in [1.165, 1.54) is 18.2 Å². The van der Waals surface area contributed by atoms with Crippen LogP contribution >= 0.6 is 0 Å². The number of hydrogen-bond donors (Lipinski definition) is 1. The van der Waals surface area contributed by atoms with E-state index in [-0.39, 0.29) is 27.9 Å². The molecule has 1 aliphatic rings. The average molecular weight is 427 g/mol. The first kappa shape index (κ1) is 21.7. The maximum absolute atomic E-state index is 14.2. The molecule has 2 N–H and O–H groups in total. The zero-order valence-corrected chi connectivity index (χ0v) is 15.9. The number of benzene rings is 2. The molecule has 0 saturated carbocycles. The summed E-state index contributed by atoms with van der Waals surface area (Å²) < 4.78 is 69.1. The first-order valence-electron chi connectivity index (χ1n) is 9.07. The molecule has 160 valence electrons. The van der Waals surface area contributed by atoms with E-state index in [2.05, 4.69) is 4.90 Å². The van der Waals surface area contributed by atoms with Gasteiger partial charge in [-0.15, -0.1) is 0 Å². The molecule has 0 bridgehead atoms. The predicted molar refractivity (Wildman–Crippen MR) is 98.9 cm³/mol. The van der Waals surface area contributed by atoms with Crippen molar-refractivity contribution in [3.8, 4) is 0 Å². The minimum atomic E-state index is -2.36. The third-order valence-electron chi connectivity index (χ3n) is 5.11. The highest BCUT2D eigenvalue weighted by atomic mass is 19.2. The molecule has 0 radical (unpaired) electrons. The van der Waals surface area contributed by atoms with Crippen LogP contribution in [0.25, 0.3) is 0 Å². The summed E-state index contributed by atoms with van der Waals surface area (Å²) in [5, 5.41) is 0. The van der Waals surface area contributed by atoms with Gasteiger partial charge < -0.3 is 10.6 Å². The summed E-state index contributed by atoms with van der Waals surface area (Å²) in [5.74, 6) is -11.7. The number of piperidine rings is 1.